The summed E-state index contributed by atoms with van der Waals surface area (Å²) in [6, 6.07) is 9.47. The Bertz CT molecular complexity index is 589. The molecule has 1 aliphatic rings. The van der Waals surface area contributed by atoms with E-state index in [1.807, 2.05) is 30.3 Å². The normalized spacial score (nSPS) is 14.6. The molecule has 6 nitrogen and oxygen atoms in total. The lowest BCUT2D eigenvalue weighted by atomic mass is 10.0. The van der Waals surface area contributed by atoms with Crippen LogP contribution in [0.25, 0.3) is 0 Å². The first-order valence-electron chi connectivity index (χ1n) is 9.81. The molecule has 0 aliphatic carbocycles. The van der Waals surface area contributed by atoms with Crippen LogP contribution in [-0.4, -0.2) is 48.7 Å². The second-order valence-electron chi connectivity index (χ2n) is 7.72. The third-order valence-electron chi connectivity index (χ3n) is 4.57. The number of carbonyl (C=O) groups is 2. The monoisotopic (exact) mass is 504 g/mol. The summed E-state index contributed by atoms with van der Waals surface area (Å²) in [4.78, 5) is 26.4. The Morgan fingerprint density at radius 2 is 1.75 bits per heavy atom. The minimum absolute atomic E-state index is 0. The van der Waals surface area contributed by atoms with Crippen LogP contribution in [0.3, 0.4) is 0 Å². The molecule has 7 heteroatoms. The van der Waals surface area contributed by atoms with Crippen LogP contribution in [0.2, 0.25) is 0 Å². The number of piperidine rings is 1. The third-order valence-corrected chi connectivity index (χ3v) is 4.57. The maximum Gasteiger partial charge on any atom is 0.407 e. The minimum atomic E-state index is -0.724. The van der Waals surface area contributed by atoms with Crippen molar-refractivity contribution in [3.8, 4) is 0 Å². The van der Waals surface area contributed by atoms with Gasteiger partial charge in [0, 0.05) is 12.1 Å². The smallest absolute Gasteiger partial charge is 0.407 e. The van der Waals surface area contributed by atoms with Crippen molar-refractivity contribution in [1.82, 2.24) is 10.2 Å². The summed E-state index contributed by atoms with van der Waals surface area (Å²) in [7, 11) is 0. The molecule has 0 aromatic heterocycles. The summed E-state index contributed by atoms with van der Waals surface area (Å²) >= 11 is 0. The van der Waals surface area contributed by atoms with Crippen LogP contribution in [0.5, 0.6) is 0 Å². The Labute approximate surface area is 185 Å². The summed E-state index contributed by atoms with van der Waals surface area (Å²) < 4.78 is 10.5. The largest absolute Gasteiger partial charge is 0.466 e. The van der Waals surface area contributed by atoms with E-state index in [9.17, 15) is 9.59 Å². The van der Waals surface area contributed by atoms with Crippen molar-refractivity contribution in [2.75, 3.05) is 26.2 Å². The number of alkyl carbamates (subject to hydrolysis) is 1. The topological polar surface area (TPSA) is 67.9 Å². The summed E-state index contributed by atoms with van der Waals surface area (Å²) in [6.07, 6.45) is 4.26. The van der Waals surface area contributed by atoms with E-state index < -0.39 is 11.6 Å². The van der Waals surface area contributed by atoms with Crippen LogP contribution >= 0.6 is 24.0 Å². The predicted octanol–water partition coefficient (Wildman–Crippen LogP) is 4.12. The molecule has 1 saturated heterocycles. The van der Waals surface area contributed by atoms with Gasteiger partial charge in [-0.05, 0) is 51.8 Å². The first kappa shape index (κ1) is 24.7. The highest BCUT2D eigenvalue weighted by Crippen LogP contribution is 2.12. The van der Waals surface area contributed by atoms with Crippen LogP contribution in [0.15, 0.2) is 30.3 Å². The fourth-order valence-electron chi connectivity index (χ4n) is 3.15. The molecule has 2 rings (SSSR count). The van der Waals surface area contributed by atoms with Gasteiger partial charge in [0.15, 0.2) is 0 Å². The Morgan fingerprint density at radius 3 is 2.43 bits per heavy atom. The standard InChI is InChI=1S/C21H32N2O4.HI/c1-21(2,22-20(25)27-17-18-10-5-3-6-11-18)16-19(24)26-15-9-14-23-12-7-4-8-13-23;/h3,5-6,10-11H,4,7-9,12-17H2,1-2H3,(H,22,25);1H. The summed E-state index contributed by atoms with van der Waals surface area (Å²) in [5, 5.41) is 2.73. The van der Waals surface area contributed by atoms with Crippen molar-refractivity contribution in [3.05, 3.63) is 35.9 Å². The van der Waals surface area contributed by atoms with Crippen molar-refractivity contribution in [2.24, 2.45) is 0 Å². The molecular weight excluding hydrogens is 471 g/mol. The number of rotatable bonds is 9. The van der Waals surface area contributed by atoms with E-state index in [0.29, 0.717) is 6.61 Å². The number of benzene rings is 1. The van der Waals surface area contributed by atoms with Crippen molar-refractivity contribution in [3.63, 3.8) is 0 Å². The molecule has 1 aromatic carbocycles. The van der Waals surface area contributed by atoms with E-state index in [1.165, 1.54) is 19.3 Å². The molecule has 1 N–H and O–H groups in total. The van der Waals surface area contributed by atoms with Crippen molar-refractivity contribution in [2.45, 2.75) is 58.1 Å². The number of carbonyl (C=O) groups excluding carboxylic acids is 2. The highest BCUT2D eigenvalue weighted by molar-refractivity contribution is 14.0. The number of esters is 1. The summed E-state index contributed by atoms with van der Waals surface area (Å²) in [5.74, 6) is -0.304. The lowest BCUT2D eigenvalue weighted by Crippen LogP contribution is -2.45. The van der Waals surface area contributed by atoms with E-state index in [1.54, 1.807) is 13.8 Å². The third kappa shape index (κ3) is 10.3. The Morgan fingerprint density at radius 1 is 1.07 bits per heavy atom. The second kappa shape index (κ2) is 13.0. The minimum Gasteiger partial charge on any atom is -0.466 e. The molecule has 0 atom stereocenters. The van der Waals surface area contributed by atoms with Gasteiger partial charge >= 0.3 is 12.1 Å². The zero-order chi connectivity index (χ0) is 19.5. The van der Waals surface area contributed by atoms with Gasteiger partial charge in [-0.1, -0.05) is 36.8 Å². The van der Waals surface area contributed by atoms with Crippen LogP contribution < -0.4 is 5.32 Å². The van der Waals surface area contributed by atoms with Crippen LogP contribution in [0.4, 0.5) is 4.79 Å². The molecule has 0 saturated carbocycles. The predicted molar refractivity (Wildman–Crippen MR) is 120 cm³/mol. The molecule has 1 aromatic rings. The first-order valence-corrected chi connectivity index (χ1v) is 9.81. The van der Waals surface area contributed by atoms with Crippen LogP contribution in [0, 0.1) is 0 Å². The zero-order valence-corrected chi connectivity index (χ0v) is 19.3. The van der Waals surface area contributed by atoms with E-state index in [0.717, 1.165) is 31.6 Å². The molecule has 28 heavy (non-hydrogen) atoms. The van der Waals surface area contributed by atoms with Gasteiger partial charge in [0.25, 0.3) is 0 Å². The van der Waals surface area contributed by atoms with Gasteiger partial charge in [0.1, 0.15) is 6.61 Å². The molecule has 0 spiro atoms. The first-order chi connectivity index (χ1) is 12.9. The number of ether oxygens (including phenoxy) is 2. The van der Waals surface area contributed by atoms with Crippen molar-refractivity contribution >= 4 is 36.0 Å². The number of nitrogens with zero attached hydrogens (tertiary/aromatic N) is 1. The molecule has 1 heterocycles. The van der Waals surface area contributed by atoms with Gasteiger partial charge in [-0.2, -0.15) is 0 Å². The van der Waals surface area contributed by atoms with Crippen molar-refractivity contribution in [1.29, 1.82) is 0 Å². The Hall–Kier alpha value is -1.35. The second-order valence-corrected chi connectivity index (χ2v) is 7.72. The highest BCUT2D eigenvalue weighted by atomic mass is 127. The van der Waals surface area contributed by atoms with Gasteiger partial charge in [-0.3, -0.25) is 4.79 Å². The van der Waals surface area contributed by atoms with Gasteiger partial charge < -0.3 is 19.7 Å². The quantitative estimate of drug-likeness (QED) is 0.312. The number of amides is 1. The fraction of sp³-hybridized carbons (Fsp3) is 0.619. The maximum absolute atomic E-state index is 12.0. The SMILES string of the molecule is CC(C)(CC(=O)OCCCN1CCCCC1)NC(=O)OCc1ccccc1.I. The molecular formula is C21H33IN2O4. The number of likely N-dealkylation sites (tertiary alicyclic amines) is 1. The van der Waals surface area contributed by atoms with Crippen molar-refractivity contribution < 1.29 is 19.1 Å². The molecule has 0 unspecified atom stereocenters. The molecule has 0 bridgehead atoms. The summed E-state index contributed by atoms with van der Waals surface area (Å²) in [6.45, 7) is 7.46. The molecule has 158 valence electrons. The zero-order valence-electron chi connectivity index (χ0n) is 16.9. The fourth-order valence-corrected chi connectivity index (χ4v) is 3.15. The maximum atomic E-state index is 12.0. The van der Waals surface area contributed by atoms with E-state index in [4.69, 9.17) is 9.47 Å². The average molecular weight is 504 g/mol. The molecule has 1 amide bonds. The van der Waals surface area contributed by atoms with Crippen LogP contribution in [-0.2, 0) is 20.9 Å². The highest BCUT2D eigenvalue weighted by Gasteiger charge is 2.25. The Balaban J connectivity index is 0.00000392. The number of hydrogen-bond acceptors (Lipinski definition) is 5. The van der Waals surface area contributed by atoms with E-state index in [2.05, 4.69) is 10.2 Å². The Kier molecular flexibility index (Phi) is 11.4. The van der Waals surface area contributed by atoms with Gasteiger partial charge in [-0.15, -0.1) is 24.0 Å². The molecule has 1 aliphatic heterocycles. The van der Waals surface area contributed by atoms with Gasteiger partial charge in [0.2, 0.25) is 0 Å². The summed E-state index contributed by atoms with van der Waals surface area (Å²) in [5.41, 5.74) is 0.191. The van der Waals surface area contributed by atoms with E-state index >= 15 is 0 Å². The molecule has 0 radical (unpaired) electrons. The van der Waals surface area contributed by atoms with Crippen LogP contribution in [0.1, 0.15) is 51.5 Å². The lowest BCUT2D eigenvalue weighted by molar-refractivity contribution is -0.145. The molecule has 1 fully saturated rings. The van der Waals surface area contributed by atoms with Gasteiger partial charge in [-0.25, -0.2) is 4.79 Å². The number of nitrogens with one attached hydrogen (secondary N) is 1. The number of halogens is 1. The average Bonchev–Trinajstić information content (AvgIpc) is 2.64. The number of hydrogen-bond donors (Lipinski definition) is 1. The van der Waals surface area contributed by atoms with E-state index in [-0.39, 0.29) is 43.0 Å². The lowest BCUT2D eigenvalue weighted by Gasteiger charge is -2.26. The van der Waals surface area contributed by atoms with Gasteiger partial charge in [0.05, 0.1) is 13.0 Å².